The lowest BCUT2D eigenvalue weighted by atomic mass is 10.1. The Balaban J connectivity index is 1.71. The summed E-state index contributed by atoms with van der Waals surface area (Å²) in [6, 6.07) is 9.91. The van der Waals surface area contributed by atoms with E-state index in [1.54, 1.807) is 0 Å². The second kappa shape index (κ2) is 10.1. The molecular weight excluding hydrogens is 395 g/mol. The smallest absolute Gasteiger partial charge is 0.162 e. The Hall–Kier alpha value is -1.78. The lowest BCUT2D eigenvalue weighted by molar-refractivity contribution is 0.287. The summed E-state index contributed by atoms with van der Waals surface area (Å²) in [7, 11) is 0. The molecule has 1 aliphatic heterocycles. The van der Waals surface area contributed by atoms with Crippen molar-refractivity contribution in [2.75, 3.05) is 36.5 Å². The quantitative estimate of drug-likeness (QED) is 0.533. The van der Waals surface area contributed by atoms with Gasteiger partial charge in [0.25, 0.3) is 0 Å². The molecule has 1 fully saturated rings. The van der Waals surface area contributed by atoms with E-state index in [0.717, 1.165) is 35.1 Å². The van der Waals surface area contributed by atoms with Gasteiger partial charge < -0.3 is 19.7 Å². The summed E-state index contributed by atoms with van der Waals surface area (Å²) in [6.45, 7) is 7.76. The number of hydrogen-bond donors (Lipinski definition) is 1. The zero-order valence-corrected chi connectivity index (χ0v) is 18.1. The maximum absolute atomic E-state index is 6.55. The van der Waals surface area contributed by atoms with E-state index in [-0.39, 0.29) is 0 Å². The highest BCUT2D eigenvalue weighted by atomic mass is 35.5. The fraction of sp³-hybridized carbons (Fsp3) is 0.455. The molecular formula is C22H28Cl2N2O2. The topological polar surface area (TPSA) is 33.7 Å². The van der Waals surface area contributed by atoms with Crippen molar-refractivity contribution in [2.45, 2.75) is 39.7 Å². The van der Waals surface area contributed by atoms with Crippen molar-refractivity contribution in [1.29, 1.82) is 0 Å². The number of hydrogen-bond acceptors (Lipinski definition) is 4. The number of piperidine rings is 1. The average Bonchev–Trinajstić information content (AvgIpc) is 2.70. The molecule has 6 heteroatoms. The normalized spacial score (nSPS) is 14.1. The minimum Gasteiger partial charge on any atom is -0.490 e. The van der Waals surface area contributed by atoms with Gasteiger partial charge in [-0.2, -0.15) is 0 Å². The number of nitrogens with one attached hydrogen (secondary N) is 1. The number of nitrogens with zero attached hydrogens (tertiary/aromatic N) is 1. The molecule has 0 aromatic heterocycles. The molecule has 0 unspecified atom stereocenters. The zero-order valence-electron chi connectivity index (χ0n) is 16.6. The van der Waals surface area contributed by atoms with E-state index in [4.69, 9.17) is 32.7 Å². The lowest BCUT2D eigenvalue weighted by Gasteiger charge is -2.29. The van der Waals surface area contributed by atoms with E-state index < -0.39 is 0 Å². The van der Waals surface area contributed by atoms with Crippen LogP contribution < -0.4 is 19.7 Å². The molecule has 2 aromatic rings. The minimum atomic E-state index is 0.565. The molecule has 0 bridgehead atoms. The predicted octanol–water partition coefficient (Wildman–Crippen LogP) is 6.39. The summed E-state index contributed by atoms with van der Waals surface area (Å²) in [5.74, 6) is 1.39. The maximum atomic E-state index is 6.55. The Kier molecular flexibility index (Phi) is 7.57. The fourth-order valence-electron chi connectivity index (χ4n) is 3.45. The SMILES string of the molecule is CCOc1cc(Cl)c(CNc2ccc(N3CCCCC3)c(Cl)c2)cc1OCC. The highest BCUT2D eigenvalue weighted by molar-refractivity contribution is 6.33. The van der Waals surface area contributed by atoms with Crippen LogP contribution in [0.3, 0.4) is 0 Å². The van der Waals surface area contributed by atoms with Gasteiger partial charge in [-0.3, -0.25) is 0 Å². The number of ether oxygens (including phenoxy) is 2. The van der Waals surface area contributed by atoms with Crippen LogP contribution in [0.1, 0.15) is 38.7 Å². The van der Waals surface area contributed by atoms with Crippen LogP contribution in [0.2, 0.25) is 10.0 Å². The van der Waals surface area contributed by atoms with Gasteiger partial charge in [-0.25, -0.2) is 0 Å². The molecule has 0 aliphatic carbocycles. The first kappa shape index (κ1) is 20.9. The number of rotatable bonds is 8. The van der Waals surface area contributed by atoms with Gasteiger partial charge in [0, 0.05) is 36.4 Å². The molecule has 4 nitrogen and oxygen atoms in total. The van der Waals surface area contributed by atoms with Crippen LogP contribution in [-0.4, -0.2) is 26.3 Å². The van der Waals surface area contributed by atoms with Gasteiger partial charge in [-0.05, 0) is 62.9 Å². The summed E-state index contributed by atoms with van der Waals surface area (Å²) in [5, 5.41) is 4.84. The summed E-state index contributed by atoms with van der Waals surface area (Å²) in [6.07, 6.45) is 3.77. The van der Waals surface area contributed by atoms with E-state index in [2.05, 4.69) is 22.3 Å². The minimum absolute atomic E-state index is 0.565. The number of benzene rings is 2. The number of halogens is 2. The molecule has 152 valence electrons. The molecule has 0 radical (unpaired) electrons. The van der Waals surface area contributed by atoms with Crippen LogP contribution in [0.4, 0.5) is 11.4 Å². The molecule has 0 amide bonds. The number of anilines is 2. The van der Waals surface area contributed by atoms with E-state index in [1.165, 1.54) is 19.3 Å². The molecule has 1 aliphatic rings. The van der Waals surface area contributed by atoms with E-state index in [0.29, 0.717) is 36.3 Å². The van der Waals surface area contributed by atoms with Crippen molar-refractivity contribution in [3.63, 3.8) is 0 Å². The zero-order chi connectivity index (χ0) is 19.9. The summed E-state index contributed by atoms with van der Waals surface area (Å²) >= 11 is 13.0. The van der Waals surface area contributed by atoms with Crippen molar-refractivity contribution < 1.29 is 9.47 Å². The van der Waals surface area contributed by atoms with Gasteiger partial charge in [0.15, 0.2) is 11.5 Å². The third-order valence-corrected chi connectivity index (χ3v) is 5.49. The van der Waals surface area contributed by atoms with Crippen LogP contribution in [0.5, 0.6) is 11.5 Å². The van der Waals surface area contributed by atoms with Gasteiger partial charge in [0.2, 0.25) is 0 Å². The summed E-state index contributed by atoms with van der Waals surface area (Å²) in [5.41, 5.74) is 3.03. The maximum Gasteiger partial charge on any atom is 0.162 e. The van der Waals surface area contributed by atoms with Crippen LogP contribution in [-0.2, 0) is 6.54 Å². The van der Waals surface area contributed by atoms with Crippen LogP contribution in [0.25, 0.3) is 0 Å². The highest BCUT2D eigenvalue weighted by Gasteiger charge is 2.15. The molecule has 0 spiro atoms. The van der Waals surface area contributed by atoms with Crippen molar-refractivity contribution >= 4 is 34.6 Å². The molecule has 2 aromatic carbocycles. The lowest BCUT2D eigenvalue weighted by Crippen LogP contribution is -2.29. The standard InChI is InChI=1S/C22H28Cl2N2O2/c1-3-27-21-12-16(18(23)14-22(21)28-4-2)15-25-17-8-9-20(19(24)13-17)26-10-6-5-7-11-26/h8-9,12-14,25H,3-7,10-11,15H2,1-2H3. The largest absolute Gasteiger partial charge is 0.490 e. The van der Waals surface area contributed by atoms with Gasteiger partial charge in [-0.15, -0.1) is 0 Å². The third-order valence-electron chi connectivity index (χ3n) is 4.84. The molecule has 0 saturated carbocycles. The van der Waals surface area contributed by atoms with Crippen LogP contribution in [0, 0.1) is 0 Å². The second-order valence-electron chi connectivity index (χ2n) is 6.82. The van der Waals surface area contributed by atoms with Gasteiger partial charge in [-0.1, -0.05) is 23.2 Å². The Morgan fingerprint density at radius 2 is 1.57 bits per heavy atom. The highest BCUT2D eigenvalue weighted by Crippen LogP contribution is 2.35. The Labute approximate surface area is 177 Å². The first-order valence-electron chi connectivity index (χ1n) is 9.98. The molecule has 0 atom stereocenters. The Bertz CT molecular complexity index is 792. The van der Waals surface area contributed by atoms with Crippen molar-refractivity contribution in [1.82, 2.24) is 0 Å². The fourth-order valence-corrected chi connectivity index (χ4v) is 3.98. The molecule has 3 rings (SSSR count). The molecule has 1 N–H and O–H groups in total. The monoisotopic (exact) mass is 422 g/mol. The van der Waals surface area contributed by atoms with E-state index in [1.807, 2.05) is 32.0 Å². The Morgan fingerprint density at radius 3 is 2.21 bits per heavy atom. The van der Waals surface area contributed by atoms with E-state index in [9.17, 15) is 0 Å². The van der Waals surface area contributed by atoms with Crippen molar-refractivity contribution in [2.24, 2.45) is 0 Å². The molecule has 1 saturated heterocycles. The predicted molar refractivity (Wildman–Crippen MR) is 119 cm³/mol. The first-order valence-corrected chi connectivity index (χ1v) is 10.7. The molecule has 1 heterocycles. The van der Waals surface area contributed by atoms with E-state index >= 15 is 0 Å². The average molecular weight is 423 g/mol. The van der Waals surface area contributed by atoms with Crippen LogP contribution >= 0.6 is 23.2 Å². The van der Waals surface area contributed by atoms with Crippen LogP contribution in [0.15, 0.2) is 30.3 Å². The van der Waals surface area contributed by atoms with Crippen molar-refractivity contribution in [3.05, 3.63) is 45.9 Å². The van der Waals surface area contributed by atoms with Gasteiger partial charge in [0.05, 0.1) is 23.9 Å². The molecule has 28 heavy (non-hydrogen) atoms. The van der Waals surface area contributed by atoms with Crippen molar-refractivity contribution in [3.8, 4) is 11.5 Å². The third kappa shape index (κ3) is 5.18. The van der Waals surface area contributed by atoms with Gasteiger partial charge in [0.1, 0.15) is 0 Å². The summed E-state index contributed by atoms with van der Waals surface area (Å²) < 4.78 is 11.3. The first-order chi connectivity index (χ1) is 13.6. The van der Waals surface area contributed by atoms with Gasteiger partial charge >= 0.3 is 0 Å². The summed E-state index contributed by atoms with van der Waals surface area (Å²) in [4.78, 5) is 2.37. The Morgan fingerprint density at radius 1 is 0.893 bits per heavy atom. The second-order valence-corrected chi connectivity index (χ2v) is 7.64.